The highest BCUT2D eigenvalue weighted by molar-refractivity contribution is 5.93. The van der Waals surface area contributed by atoms with Gasteiger partial charge in [0.2, 0.25) is 0 Å². The van der Waals surface area contributed by atoms with Crippen LogP contribution in [0.4, 0.5) is 0 Å². The van der Waals surface area contributed by atoms with E-state index in [-0.39, 0.29) is 18.6 Å². The smallest absolute Gasteiger partial charge is 0.274 e. The fourth-order valence-corrected chi connectivity index (χ4v) is 3.37. The first-order valence-corrected chi connectivity index (χ1v) is 9.72. The molecule has 1 aliphatic rings. The molecule has 2 heterocycles. The number of nitrogens with zero attached hydrogens (tertiary/aromatic N) is 3. The van der Waals surface area contributed by atoms with Crippen LogP contribution in [-0.4, -0.2) is 28.0 Å². The molecule has 0 radical (unpaired) electrons. The molecule has 0 bridgehead atoms. The fraction of sp³-hybridized carbons (Fsp3) is 0.318. The highest BCUT2D eigenvalue weighted by atomic mass is 16.5. The molecule has 0 unspecified atom stereocenters. The molecule has 150 valence electrons. The summed E-state index contributed by atoms with van der Waals surface area (Å²) in [6, 6.07) is 16.0. The predicted octanol–water partition coefficient (Wildman–Crippen LogP) is 3.05. The fourth-order valence-electron chi connectivity index (χ4n) is 3.37. The molecule has 0 fully saturated rings. The van der Waals surface area contributed by atoms with Crippen molar-refractivity contribution in [3.05, 3.63) is 76.6 Å². The average molecular weight is 392 g/mol. The summed E-state index contributed by atoms with van der Waals surface area (Å²) in [6.07, 6.45) is 0.861. The molecular weight excluding hydrogens is 368 g/mol. The number of fused-ring (bicyclic) bond motifs is 1. The summed E-state index contributed by atoms with van der Waals surface area (Å²) in [6.45, 7) is 3.37. The third kappa shape index (κ3) is 4.14. The van der Waals surface area contributed by atoms with Gasteiger partial charge in [-0.05, 0) is 35.2 Å². The molecule has 2 aromatic carbocycles. The zero-order chi connectivity index (χ0) is 20.2. The molecule has 0 saturated heterocycles. The lowest BCUT2D eigenvalue weighted by Crippen LogP contribution is -2.27. The molecule has 0 spiro atoms. The van der Waals surface area contributed by atoms with Crippen molar-refractivity contribution in [2.45, 2.75) is 39.1 Å². The maximum absolute atomic E-state index is 12.6. The van der Waals surface area contributed by atoms with Crippen LogP contribution in [0.1, 0.15) is 45.9 Å². The molecule has 3 aromatic rings. The molecule has 29 heavy (non-hydrogen) atoms. The van der Waals surface area contributed by atoms with Gasteiger partial charge in [-0.25, -0.2) is 4.68 Å². The molecule has 0 saturated carbocycles. The van der Waals surface area contributed by atoms with Crippen LogP contribution in [0.3, 0.4) is 0 Å². The van der Waals surface area contributed by atoms with Crippen LogP contribution in [0.2, 0.25) is 0 Å². The first-order valence-electron chi connectivity index (χ1n) is 9.72. The SMILES string of the molecule is CCc1ccc(CNC(=O)c2nnn3c2CO[C@H](c2ccc(OC)cc2)C3)cc1. The van der Waals surface area contributed by atoms with E-state index in [0.717, 1.165) is 23.3 Å². The van der Waals surface area contributed by atoms with Gasteiger partial charge in [0.15, 0.2) is 5.69 Å². The zero-order valence-electron chi connectivity index (χ0n) is 16.6. The Kier molecular flexibility index (Phi) is 5.57. The molecule has 1 aromatic heterocycles. The van der Waals surface area contributed by atoms with E-state index in [4.69, 9.17) is 9.47 Å². The van der Waals surface area contributed by atoms with Gasteiger partial charge in [-0.1, -0.05) is 48.5 Å². The van der Waals surface area contributed by atoms with Gasteiger partial charge in [-0.2, -0.15) is 0 Å². The number of aryl methyl sites for hydroxylation is 1. The Morgan fingerprint density at radius 2 is 1.90 bits per heavy atom. The quantitative estimate of drug-likeness (QED) is 0.698. The Balaban J connectivity index is 1.40. The number of hydrogen-bond acceptors (Lipinski definition) is 5. The lowest BCUT2D eigenvalue weighted by molar-refractivity contribution is -0.00179. The lowest BCUT2D eigenvalue weighted by atomic mass is 10.1. The number of rotatable bonds is 6. The van der Waals surface area contributed by atoms with Gasteiger partial charge < -0.3 is 14.8 Å². The number of carbonyl (C=O) groups excluding carboxylic acids is 1. The molecule has 7 heteroatoms. The van der Waals surface area contributed by atoms with E-state index in [1.807, 2.05) is 36.4 Å². The largest absolute Gasteiger partial charge is 0.497 e. The number of carbonyl (C=O) groups is 1. The monoisotopic (exact) mass is 392 g/mol. The lowest BCUT2D eigenvalue weighted by Gasteiger charge is -2.24. The van der Waals surface area contributed by atoms with Crippen molar-refractivity contribution in [3.8, 4) is 5.75 Å². The third-order valence-corrected chi connectivity index (χ3v) is 5.18. The van der Waals surface area contributed by atoms with E-state index in [2.05, 4.69) is 34.7 Å². The molecule has 1 N–H and O–H groups in total. The number of nitrogens with one attached hydrogen (secondary N) is 1. The van der Waals surface area contributed by atoms with E-state index in [9.17, 15) is 4.79 Å². The van der Waals surface area contributed by atoms with Gasteiger partial charge >= 0.3 is 0 Å². The molecule has 7 nitrogen and oxygen atoms in total. The maximum Gasteiger partial charge on any atom is 0.274 e. The topological polar surface area (TPSA) is 78.3 Å². The Morgan fingerprint density at radius 3 is 2.59 bits per heavy atom. The number of amides is 1. The normalized spacial score (nSPS) is 15.6. The van der Waals surface area contributed by atoms with Crippen molar-refractivity contribution in [1.82, 2.24) is 20.3 Å². The average Bonchev–Trinajstić information content (AvgIpc) is 3.21. The van der Waals surface area contributed by atoms with Gasteiger partial charge in [0, 0.05) is 6.54 Å². The first kappa shape index (κ1) is 19.1. The van der Waals surface area contributed by atoms with E-state index in [1.165, 1.54) is 5.56 Å². The van der Waals surface area contributed by atoms with Gasteiger partial charge in [0.25, 0.3) is 5.91 Å². The van der Waals surface area contributed by atoms with Gasteiger partial charge in [0.1, 0.15) is 11.9 Å². The number of methoxy groups -OCH3 is 1. The molecule has 1 atom stereocenters. The minimum atomic E-state index is -0.239. The summed E-state index contributed by atoms with van der Waals surface area (Å²) in [7, 11) is 1.64. The second-order valence-electron chi connectivity index (χ2n) is 6.99. The maximum atomic E-state index is 12.6. The second-order valence-corrected chi connectivity index (χ2v) is 6.99. The van der Waals surface area contributed by atoms with E-state index < -0.39 is 0 Å². The van der Waals surface area contributed by atoms with Crippen molar-refractivity contribution in [1.29, 1.82) is 0 Å². The molecule has 1 amide bonds. The zero-order valence-corrected chi connectivity index (χ0v) is 16.6. The van der Waals surface area contributed by atoms with Crippen LogP contribution in [0.15, 0.2) is 48.5 Å². The van der Waals surface area contributed by atoms with Crippen LogP contribution in [0.25, 0.3) is 0 Å². The Bertz CT molecular complexity index is 980. The summed E-state index contributed by atoms with van der Waals surface area (Å²) in [5.41, 5.74) is 4.38. The van der Waals surface area contributed by atoms with Crippen LogP contribution in [0, 0.1) is 0 Å². The number of aromatic nitrogens is 3. The van der Waals surface area contributed by atoms with E-state index in [0.29, 0.717) is 24.5 Å². The van der Waals surface area contributed by atoms with Crippen molar-refractivity contribution >= 4 is 5.91 Å². The molecule has 4 rings (SSSR count). The van der Waals surface area contributed by atoms with E-state index >= 15 is 0 Å². The predicted molar refractivity (Wildman–Crippen MR) is 108 cm³/mol. The molecule has 0 aliphatic carbocycles. The Labute approximate surface area is 169 Å². The summed E-state index contributed by atoms with van der Waals surface area (Å²) in [5, 5.41) is 11.2. The molecular formula is C22H24N4O3. The first-order chi connectivity index (χ1) is 14.2. The Hall–Kier alpha value is -3.19. The van der Waals surface area contributed by atoms with Gasteiger partial charge in [-0.15, -0.1) is 5.10 Å². The number of hydrogen-bond donors (Lipinski definition) is 1. The van der Waals surface area contributed by atoms with Gasteiger partial charge in [0.05, 0.1) is 26.0 Å². The van der Waals surface area contributed by atoms with Crippen molar-refractivity contribution < 1.29 is 14.3 Å². The summed E-state index contributed by atoms with van der Waals surface area (Å²) in [5.74, 6) is 0.562. The van der Waals surface area contributed by atoms with Crippen LogP contribution < -0.4 is 10.1 Å². The highest BCUT2D eigenvalue weighted by Gasteiger charge is 2.27. The van der Waals surface area contributed by atoms with Crippen LogP contribution >= 0.6 is 0 Å². The summed E-state index contributed by atoms with van der Waals surface area (Å²) >= 11 is 0. The summed E-state index contributed by atoms with van der Waals surface area (Å²) < 4.78 is 12.9. The highest BCUT2D eigenvalue weighted by Crippen LogP contribution is 2.28. The van der Waals surface area contributed by atoms with Crippen molar-refractivity contribution in [3.63, 3.8) is 0 Å². The second kappa shape index (κ2) is 8.45. The van der Waals surface area contributed by atoms with E-state index in [1.54, 1.807) is 11.8 Å². The summed E-state index contributed by atoms with van der Waals surface area (Å²) in [4.78, 5) is 12.6. The van der Waals surface area contributed by atoms with Crippen LogP contribution in [0.5, 0.6) is 5.75 Å². The van der Waals surface area contributed by atoms with Gasteiger partial charge in [-0.3, -0.25) is 4.79 Å². The minimum absolute atomic E-state index is 0.136. The van der Waals surface area contributed by atoms with Crippen LogP contribution in [-0.2, 0) is 30.9 Å². The van der Waals surface area contributed by atoms with Crippen molar-refractivity contribution in [2.75, 3.05) is 7.11 Å². The standard InChI is InChI=1S/C22H24N4O3/c1-3-15-4-6-16(7-5-15)12-23-22(27)21-19-14-29-20(13-26(19)25-24-21)17-8-10-18(28-2)11-9-17/h4-11,20H,3,12-14H2,1-2H3,(H,23,27)/t20-/m0/s1. The number of benzene rings is 2. The Morgan fingerprint density at radius 1 is 1.17 bits per heavy atom. The number of ether oxygens (including phenoxy) is 2. The minimum Gasteiger partial charge on any atom is -0.497 e. The molecule has 1 aliphatic heterocycles. The van der Waals surface area contributed by atoms with Crippen molar-refractivity contribution in [2.24, 2.45) is 0 Å². The third-order valence-electron chi connectivity index (χ3n) is 5.18.